The third-order valence-electron chi connectivity index (χ3n) is 5.71. The molecule has 0 bridgehead atoms. The number of ether oxygens (including phenoxy) is 1. The van der Waals surface area contributed by atoms with Gasteiger partial charge in [-0.2, -0.15) is 0 Å². The number of hydrogen-bond donors (Lipinski definition) is 1. The zero-order valence-corrected chi connectivity index (χ0v) is 19.0. The fourth-order valence-corrected chi connectivity index (χ4v) is 3.94. The van der Waals surface area contributed by atoms with E-state index in [1.54, 1.807) is 65.4 Å². The molecular formula is C27H27N3O4. The van der Waals surface area contributed by atoms with Crippen molar-refractivity contribution in [1.29, 1.82) is 0 Å². The van der Waals surface area contributed by atoms with Crippen LogP contribution in [0.4, 0.5) is 5.69 Å². The summed E-state index contributed by atoms with van der Waals surface area (Å²) in [4.78, 5) is 41.4. The molecule has 174 valence electrons. The zero-order valence-electron chi connectivity index (χ0n) is 19.0. The minimum atomic E-state index is -0.642. The summed E-state index contributed by atoms with van der Waals surface area (Å²) in [7, 11) is 1.75. The Balaban J connectivity index is 1.43. The number of carbonyl (C=O) groups is 3. The Morgan fingerprint density at radius 1 is 0.941 bits per heavy atom. The van der Waals surface area contributed by atoms with E-state index in [0.29, 0.717) is 24.3 Å². The summed E-state index contributed by atoms with van der Waals surface area (Å²) in [5.74, 6) is -0.694. The second-order valence-electron chi connectivity index (χ2n) is 8.20. The Morgan fingerprint density at radius 2 is 1.59 bits per heavy atom. The van der Waals surface area contributed by atoms with E-state index in [4.69, 9.17) is 4.74 Å². The summed E-state index contributed by atoms with van der Waals surface area (Å²) in [5, 5.41) is 3.05. The summed E-state index contributed by atoms with van der Waals surface area (Å²) in [6.07, 6.45) is 0. The van der Waals surface area contributed by atoms with Gasteiger partial charge in [0.05, 0.1) is 12.1 Å². The van der Waals surface area contributed by atoms with Crippen LogP contribution in [-0.4, -0.2) is 48.9 Å². The number of nitrogens with zero attached hydrogens (tertiary/aromatic N) is 2. The van der Waals surface area contributed by atoms with Gasteiger partial charge >= 0.3 is 5.97 Å². The molecular weight excluding hydrogens is 430 g/mol. The van der Waals surface area contributed by atoms with Crippen LogP contribution >= 0.6 is 0 Å². The Kier molecular flexibility index (Phi) is 7.34. The number of anilines is 1. The molecule has 34 heavy (non-hydrogen) atoms. The molecule has 4 rings (SSSR count). The molecule has 7 nitrogen and oxygen atoms in total. The molecule has 1 N–H and O–H groups in total. The van der Waals surface area contributed by atoms with Crippen LogP contribution in [-0.2, 0) is 27.5 Å². The van der Waals surface area contributed by atoms with E-state index in [1.165, 1.54) is 0 Å². The third-order valence-corrected chi connectivity index (χ3v) is 5.71. The van der Waals surface area contributed by atoms with E-state index in [0.717, 1.165) is 11.1 Å². The summed E-state index contributed by atoms with van der Waals surface area (Å²) < 4.78 is 5.38. The first-order valence-corrected chi connectivity index (χ1v) is 11.2. The molecule has 0 aromatic heterocycles. The van der Waals surface area contributed by atoms with Crippen LogP contribution in [0.3, 0.4) is 0 Å². The van der Waals surface area contributed by atoms with E-state index in [9.17, 15) is 14.4 Å². The predicted molar refractivity (Wildman–Crippen MR) is 129 cm³/mol. The normalized spacial score (nSPS) is 15.6. The first-order chi connectivity index (χ1) is 16.5. The Labute approximate surface area is 198 Å². The Bertz CT molecular complexity index is 1130. The van der Waals surface area contributed by atoms with Crippen molar-refractivity contribution in [2.75, 3.05) is 25.0 Å². The van der Waals surface area contributed by atoms with Crippen molar-refractivity contribution >= 4 is 23.5 Å². The van der Waals surface area contributed by atoms with Crippen LogP contribution in [0, 0.1) is 0 Å². The van der Waals surface area contributed by atoms with Crippen molar-refractivity contribution < 1.29 is 19.1 Å². The highest BCUT2D eigenvalue weighted by atomic mass is 16.5. The molecule has 1 aliphatic rings. The summed E-state index contributed by atoms with van der Waals surface area (Å²) in [6.45, 7) is 1.12. The molecule has 1 atom stereocenters. The van der Waals surface area contributed by atoms with Crippen LogP contribution in [0.25, 0.3) is 0 Å². The first-order valence-electron chi connectivity index (χ1n) is 11.2. The monoisotopic (exact) mass is 457 g/mol. The largest absolute Gasteiger partial charge is 0.457 e. The number of amides is 2. The topological polar surface area (TPSA) is 79.0 Å². The van der Waals surface area contributed by atoms with E-state index in [2.05, 4.69) is 5.32 Å². The fourth-order valence-electron chi connectivity index (χ4n) is 3.94. The maximum absolute atomic E-state index is 13.2. The number of likely N-dealkylation sites (N-methyl/N-ethyl adjacent to an activating group) is 1. The van der Waals surface area contributed by atoms with Crippen LogP contribution in [0.5, 0.6) is 0 Å². The van der Waals surface area contributed by atoms with Crippen molar-refractivity contribution in [3.63, 3.8) is 0 Å². The highest BCUT2D eigenvalue weighted by molar-refractivity contribution is 6.02. The number of esters is 1. The first kappa shape index (κ1) is 23.2. The molecule has 0 spiro atoms. The number of benzene rings is 3. The van der Waals surface area contributed by atoms with E-state index >= 15 is 0 Å². The predicted octanol–water partition coefficient (Wildman–Crippen LogP) is 3.01. The van der Waals surface area contributed by atoms with Gasteiger partial charge in [-0.05, 0) is 35.4 Å². The second-order valence-corrected chi connectivity index (χ2v) is 8.20. The number of rotatable bonds is 7. The lowest BCUT2D eigenvalue weighted by molar-refractivity contribution is -0.134. The zero-order chi connectivity index (χ0) is 23.9. The van der Waals surface area contributed by atoms with Crippen molar-refractivity contribution in [3.8, 4) is 0 Å². The molecule has 0 radical (unpaired) electrons. The number of carbonyl (C=O) groups excluding carboxylic acids is 3. The SMILES string of the molecule is CN(Cc1ccccc1)C(=O)[C@H]1CNCC(=O)N1c1ccc(COC(=O)c2ccccc2)cc1. The minimum absolute atomic E-state index is 0.117. The average Bonchev–Trinajstić information content (AvgIpc) is 2.88. The van der Waals surface area contributed by atoms with Gasteiger partial charge in [0.15, 0.2) is 0 Å². The quantitative estimate of drug-likeness (QED) is 0.552. The highest BCUT2D eigenvalue weighted by Crippen LogP contribution is 2.22. The van der Waals surface area contributed by atoms with Gasteiger partial charge in [0.1, 0.15) is 12.6 Å². The van der Waals surface area contributed by atoms with Crippen LogP contribution in [0.15, 0.2) is 84.9 Å². The van der Waals surface area contributed by atoms with Crippen LogP contribution < -0.4 is 10.2 Å². The molecule has 3 aromatic rings. The smallest absolute Gasteiger partial charge is 0.338 e. The minimum Gasteiger partial charge on any atom is -0.457 e. The average molecular weight is 458 g/mol. The molecule has 1 aliphatic heterocycles. The van der Waals surface area contributed by atoms with Crippen molar-refractivity contribution in [3.05, 3.63) is 102 Å². The van der Waals surface area contributed by atoms with Gasteiger partial charge in [0.2, 0.25) is 11.8 Å². The van der Waals surface area contributed by atoms with Gasteiger partial charge in [0.25, 0.3) is 0 Å². The third kappa shape index (κ3) is 5.50. The fraction of sp³-hybridized carbons (Fsp3) is 0.222. The highest BCUT2D eigenvalue weighted by Gasteiger charge is 2.35. The van der Waals surface area contributed by atoms with Crippen molar-refractivity contribution in [1.82, 2.24) is 10.2 Å². The van der Waals surface area contributed by atoms with Crippen molar-refractivity contribution in [2.45, 2.75) is 19.2 Å². The van der Waals surface area contributed by atoms with Crippen molar-refractivity contribution in [2.24, 2.45) is 0 Å². The summed E-state index contributed by atoms with van der Waals surface area (Å²) >= 11 is 0. The number of hydrogen-bond acceptors (Lipinski definition) is 5. The molecule has 1 fully saturated rings. The molecule has 2 amide bonds. The molecule has 0 aliphatic carbocycles. The van der Waals surface area contributed by atoms with Gasteiger partial charge < -0.3 is 15.0 Å². The van der Waals surface area contributed by atoms with Crippen LogP contribution in [0.1, 0.15) is 21.5 Å². The molecule has 0 unspecified atom stereocenters. The van der Waals surface area contributed by atoms with E-state index in [-0.39, 0.29) is 25.0 Å². The van der Waals surface area contributed by atoms with E-state index < -0.39 is 12.0 Å². The standard InChI is InChI=1S/C27H27N3O4/c1-29(18-20-8-4-2-5-9-20)26(32)24-16-28-17-25(31)30(24)23-14-12-21(13-15-23)19-34-27(33)22-10-6-3-7-11-22/h2-15,24,28H,16-19H2,1H3/t24-/m1/s1. The molecule has 0 saturated carbocycles. The summed E-state index contributed by atoms with van der Waals surface area (Å²) in [5.41, 5.74) is 2.94. The molecule has 1 saturated heterocycles. The van der Waals surface area contributed by atoms with E-state index in [1.807, 2.05) is 36.4 Å². The summed E-state index contributed by atoms with van der Waals surface area (Å²) in [6, 6.07) is 25.1. The maximum atomic E-state index is 13.2. The molecule has 1 heterocycles. The maximum Gasteiger partial charge on any atom is 0.338 e. The van der Waals surface area contributed by atoms with Crippen LogP contribution in [0.2, 0.25) is 0 Å². The van der Waals surface area contributed by atoms with Gasteiger partial charge in [-0.1, -0.05) is 60.7 Å². The lowest BCUT2D eigenvalue weighted by Crippen LogP contribution is -2.60. The van der Waals surface area contributed by atoms with Gasteiger partial charge in [-0.25, -0.2) is 4.79 Å². The Hall–Kier alpha value is -3.97. The molecule has 3 aromatic carbocycles. The van der Waals surface area contributed by atoms with Gasteiger partial charge in [-0.15, -0.1) is 0 Å². The lowest BCUT2D eigenvalue weighted by atomic mass is 10.1. The second kappa shape index (κ2) is 10.8. The molecule has 7 heteroatoms. The lowest BCUT2D eigenvalue weighted by Gasteiger charge is -2.37. The van der Waals surface area contributed by atoms with Gasteiger partial charge in [-0.3, -0.25) is 14.5 Å². The Morgan fingerprint density at radius 3 is 2.26 bits per heavy atom. The number of nitrogens with one attached hydrogen (secondary N) is 1. The van der Waals surface area contributed by atoms with Gasteiger partial charge in [0, 0.05) is 25.8 Å². The number of piperazine rings is 1.